The van der Waals surface area contributed by atoms with Crippen molar-refractivity contribution in [1.82, 2.24) is 0 Å². The van der Waals surface area contributed by atoms with Gasteiger partial charge in [-0.15, -0.1) is 0 Å². The molecule has 0 saturated heterocycles. The van der Waals surface area contributed by atoms with E-state index >= 15 is 0 Å². The molecule has 0 N–H and O–H groups in total. The summed E-state index contributed by atoms with van der Waals surface area (Å²) in [6.45, 7) is 25.6. The Balaban J connectivity index is 4.89. The molecule has 1 unspecified atom stereocenters. The minimum Gasteiger partial charge on any atom is -0.0602 e. The molecule has 0 aromatic rings. The van der Waals surface area contributed by atoms with Crippen molar-refractivity contribution in [2.45, 2.75) is 114 Å². The van der Waals surface area contributed by atoms with Crippen molar-refractivity contribution in [3.8, 4) is 0 Å². The number of hydrogen-bond donors (Lipinski definition) is 0. The smallest absolute Gasteiger partial charge is 0.0383 e. The van der Waals surface area contributed by atoms with Crippen LogP contribution in [0.4, 0.5) is 0 Å². The highest BCUT2D eigenvalue weighted by atomic mass is 14.3. The van der Waals surface area contributed by atoms with Gasteiger partial charge in [-0.3, -0.25) is 0 Å². The van der Waals surface area contributed by atoms with E-state index in [9.17, 15) is 0 Å². The lowest BCUT2D eigenvalue weighted by molar-refractivity contribution is 0.183. The third-order valence-corrected chi connectivity index (χ3v) is 5.04. The van der Waals surface area contributed by atoms with E-state index in [2.05, 4.69) is 69.2 Å². The Hall–Kier alpha value is 0. The van der Waals surface area contributed by atoms with Crippen LogP contribution in [0.1, 0.15) is 114 Å². The molecule has 0 aliphatic rings. The zero-order valence-corrected chi connectivity index (χ0v) is 18.0. The molecule has 1 radical (unpaired) electrons. The van der Waals surface area contributed by atoms with Crippen LogP contribution in [-0.4, -0.2) is 0 Å². The Morgan fingerprint density at radius 3 is 1.00 bits per heavy atom. The topological polar surface area (TPSA) is 0 Å². The molecule has 0 aliphatic heterocycles. The van der Waals surface area contributed by atoms with Crippen LogP contribution >= 0.6 is 0 Å². The van der Waals surface area contributed by atoms with Gasteiger partial charge in [-0.1, -0.05) is 82.1 Å². The zero-order chi connectivity index (χ0) is 18.3. The van der Waals surface area contributed by atoms with Gasteiger partial charge in [0, 0.05) is 0 Å². The lowest BCUT2D eigenvalue weighted by Crippen LogP contribution is -2.21. The van der Waals surface area contributed by atoms with Crippen LogP contribution in [0.25, 0.3) is 0 Å². The Morgan fingerprint density at radius 1 is 0.522 bits per heavy atom. The van der Waals surface area contributed by atoms with Crippen molar-refractivity contribution < 1.29 is 0 Å². The summed E-state index contributed by atoms with van der Waals surface area (Å²) in [6, 6.07) is 0. The molecule has 0 nitrogen and oxygen atoms in total. The molecule has 0 aliphatic carbocycles. The largest absolute Gasteiger partial charge is 0.0602 e. The SMILES string of the molecule is [CH2]CCC(CCC(C)(C)C)C(CCC(C)(C)C)CCC(C)(C)C. The summed E-state index contributed by atoms with van der Waals surface area (Å²) in [5.41, 5.74) is 1.37. The first kappa shape index (κ1) is 23.0. The van der Waals surface area contributed by atoms with Gasteiger partial charge in [0.05, 0.1) is 0 Å². The fraction of sp³-hybridized carbons (Fsp3) is 0.957. The van der Waals surface area contributed by atoms with Gasteiger partial charge >= 0.3 is 0 Å². The van der Waals surface area contributed by atoms with Crippen LogP contribution in [-0.2, 0) is 0 Å². The minimum atomic E-state index is 0.456. The van der Waals surface area contributed by atoms with E-state index in [1.54, 1.807) is 0 Å². The Labute approximate surface area is 149 Å². The van der Waals surface area contributed by atoms with Gasteiger partial charge in [-0.25, -0.2) is 0 Å². The number of rotatable bonds is 9. The molecule has 0 heterocycles. The molecular formula is C23H47. The summed E-state index contributed by atoms with van der Waals surface area (Å²) in [6.07, 6.45) is 10.6. The second-order valence-corrected chi connectivity index (χ2v) is 11.5. The first-order valence-electron chi connectivity index (χ1n) is 10.0. The summed E-state index contributed by atoms with van der Waals surface area (Å²) in [7, 11) is 0. The highest BCUT2D eigenvalue weighted by Gasteiger charge is 2.26. The Morgan fingerprint density at radius 2 is 0.783 bits per heavy atom. The predicted octanol–water partition coefficient (Wildman–Crippen LogP) is 8.31. The quantitative estimate of drug-likeness (QED) is 0.400. The standard InChI is InChI=1S/C23H47/c1-11-12-19(13-16-21(2,3)4)20(14-17-22(5,6)7)15-18-23(8,9)10/h19-20H,1,11-18H2,2-10H3. The second kappa shape index (κ2) is 9.47. The van der Waals surface area contributed by atoms with E-state index in [1.165, 1.54) is 44.9 Å². The van der Waals surface area contributed by atoms with Gasteiger partial charge in [0.1, 0.15) is 0 Å². The van der Waals surface area contributed by atoms with Crippen molar-refractivity contribution in [3.05, 3.63) is 6.92 Å². The van der Waals surface area contributed by atoms with Crippen molar-refractivity contribution in [3.63, 3.8) is 0 Å². The van der Waals surface area contributed by atoms with E-state index in [4.69, 9.17) is 0 Å². The summed E-state index contributed by atoms with van der Waals surface area (Å²) < 4.78 is 0. The molecule has 0 bridgehead atoms. The van der Waals surface area contributed by atoms with Crippen LogP contribution in [0.2, 0.25) is 0 Å². The molecule has 0 spiro atoms. The molecule has 23 heavy (non-hydrogen) atoms. The maximum absolute atomic E-state index is 4.17. The van der Waals surface area contributed by atoms with Crippen LogP contribution in [0, 0.1) is 35.0 Å². The lowest BCUT2D eigenvalue weighted by atomic mass is 9.72. The second-order valence-electron chi connectivity index (χ2n) is 11.5. The van der Waals surface area contributed by atoms with Crippen LogP contribution in [0.5, 0.6) is 0 Å². The van der Waals surface area contributed by atoms with Crippen molar-refractivity contribution >= 4 is 0 Å². The number of hydrogen-bond acceptors (Lipinski definition) is 0. The molecule has 0 aromatic carbocycles. The summed E-state index contributed by atoms with van der Waals surface area (Å²) in [4.78, 5) is 0. The van der Waals surface area contributed by atoms with E-state index in [0.717, 1.165) is 18.3 Å². The van der Waals surface area contributed by atoms with E-state index in [-0.39, 0.29) is 0 Å². The molecule has 0 saturated carbocycles. The van der Waals surface area contributed by atoms with Crippen molar-refractivity contribution in [2.24, 2.45) is 28.1 Å². The first-order valence-corrected chi connectivity index (χ1v) is 10.0. The first-order chi connectivity index (χ1) is 10.2. The van der Waals surface area contributed by atoms with Gasteiger partial charge in [0.2, 0.25) is 0 Å². The molecule has 139 valence electrons. The van der Waals surface area contributed by atoms with Crippen molar-refractivity contribution in [1.29, 1.82) is 0 Å². The highest BCUT2D eigenvalue weighted by molar-refractivity contribution is 4.78. The average molecular weight is 324 g/mol. The van der Waals surface area contributed by atoms with Gasteiger partial charge in [-0.05, 0) is 66.6 Å². The van der Waals surface area contributed by atoms with E-state index in [1.807, 2.05) is 0 Å². The van der Waals surface area contributed by atoms with Crippen LogP contribution in [0.15, 0.2) is 0 Å². The monoisotopic (exact) mass is 323 g/mol. The van der Waals surface area contributed by atoms with Gasteiger partial charge in [0.25, 0.3) is 0 Å². The Bertz CT molecular complexity index is 273. The molecule has 1 atom stereocenters. The third kappa shape index (κ3) is 14.1. The molecule has 0 fully saturated rings. The summed E-state index contributed by atoms with van der Waals surface area (Å²) >= 11 is 0. The maximum atomic E-state index is 4.17. The van der Waals surface area contributed by atoms with E-state index in [0.29, 0.717) is 16.2 Å². The lowest BCUT2D eigenvalue weighted by Gasteiger charge is -2.33. The predicted molar refractivity (Wildman–Crippen MR) is 108 cm³/mol. The average Bonchev–Trinajstić information content (AvgIpc) is 2.31. The van der Waals surface area contributed by atoms with Gasteiger partial charge in [0.15, 0.2) is 0 Å². The molecule has 0 heteroatoms. The summed E-state index contributed by atoms with van der Waals surface area (Å²) in [5, 5.41) is 0. The third-order valence-electron chi connectivity index (χ3n) is 5.04. The Kier molecular flexibility index (Phi) is 9.47. The van der Waals surface area contributed by atoms with Crippen LogP contribution < -0.4 is 0 Å². The fourth-order valence-electron chi connectivity index (χ4n) is 3.35. The molecular weight excluding hydrogens is 276 g/mol. The van der Waals surface area contributed by atoms with Gasteiger partial charge < -0.3 is 0 Å². The van der Waals surface area contributed by atoms with Gasteiger partial charge in [-0.2, -0.15) is 0 Å². The maximum Gasteiger partial charge on any atom is -0.0383 e. The minimum absolute atomic E-state index is 0.456. The normalized spacial score (nSPS) is 15.3. The molecule has 0 rings (SSSR count). The summed E-state index contributed by atoms with van der Waals surface area (Å²) in [5.74, 6) is 1.76. The molecule has 0 aromatic heterocycles. The van der Waals surface area contributed by atoms with E-state index < -0.39 is 0 Å². The highest BCUT2D eigenvalue weighted by Crippen LogP contribution is 2.38. The zero-order valence-electron chi connectivity index (χ0n) is 18.0. The fourth-order valence-corrected chi connectivity index (χ4v) is 3.35. The van der Waals surface area contributed by atoms with Crippen LogP contribution in [0.3, 0.4) is 0 Å². The van der Waals surface area contributed by atoms with Crippen molar-refractivity contribution in [2.75, 3.05) is 0 Å². The molecule has 0 amide bonds.